The first-order valence-electron chi connectivity index (χ1n) is 16.3. The second kappa shape index (κ2) is 14.4. The highest BCUT2D eigenvalue weighted by Crippen LogP contribution is 2.29. The molecule has 2 aliphatic rings. The average Bonchev–Trinajstić information content (AvgIpc) is 3.64. The van der Waals surface area contributed by atoms with Crippen LogP contribution < -0.4 is 14.8 Å². The molecule has 2 amide bonds. The third-order valence-corrected chi connectivity index (χ3v) is 9.37. The number of hydrogen-bond donors (Lipinski definition) is 1. The standard InChI is InChI=1S/C36H44N4O6S/c1-36(2,3)46-35(42)40-15-12-28(13-16-40)45-27-10-8-26(9-11-27)44-24-29-25(23-39-17-19-43-20-18-39)6-5-7-30(29)37-34(41)32-22-33-31(38(32)4)14-21-47-33/h5-11,14,21-22,28H,12-13,15-20,23-24H2,1-4H3,(H,37,41). The Hall–Kier alpha value is -4.06. The van der Waals surface area contributed by atoms with E-state index in [9.17, 15) is 9.59 Å². The van der Waals surface area contributed by atoms with Crippen molar-refractivity contribution < 1.29 is 28.5 Å². The zero-order chi connectivity index (χ0) is 33.0. The van der Waals surface area contributed by atoms with Crippen LogP contribution in [0.3, 0.4) is 0 Å². The molecule has 0 saturated carbocycles. The quantitative estimate of drug-likeness (QED) is 0.214. The topological polar surface area (TPSA) is 94.5 Å². The van der Waals surface area contributed by atoms with Gasteiger partial charge in [-0.25, -0.2) is 4.79 Å². The Balaban J connectivity index is 1.11. The molecule has 2 fully saturated rings. The first kappa shape index (κ1) is 32.9. The third kappa shape index (κ3) is 8.27. The molecule has 2 saturated heterocycles. The fraction of sp³-hybridized carbons (Fsp3) is 0.444. The highest BCUT2D eigenvalue weighted by molar-refractivity contribution is 7.17. The number of nitrogens with zero attached hydrogens (tertiary/aromatic N) is 3. The lowest BCUT2D eigenvalue weighted by Gasteiger charge is -2.33. The van der Waals surface area contributed by atoms with Gasteiger partial charge in [0.2, 0.25) is 0 Å². The number of ether oxygens (including phenoxy) is 4. The van der Waals surface area contributed by atoms with E-state index in [1.165, 1.54) is 0 Å². The molecule has 10 nitrogen and oxygen atoms in total. The summed E-state index contributed by atoms with van der Waals surface area (Å²) in [6.07, 6.45) is 1.24. The van der Waals surface area contributed by atoms with Gasteiger partial charge in [-0.2, -0.15) is 0 Å². The summed E-state index contributed by atoms with van der Waals surface area (Å²) in [6, 6.07) is 17.7. The van der Waals surface area contributed by atoms with Crippen LogP contribution in [0.25, 0.3) is 10.2 Å². The lowest BCUT2D eigenvalue weighted by Crippen LogP contribution is -2.44. The number of rotatable bonds is 9. The van der Waals surface area contributed by atoms with Gasteiger partial charge in [0.15, 0.2) is 0 Å². The number of piperidine rings is 1. The second-order valence-electron chi connectivity index (χ2n) is 13.1. The number of benzene rings is 2. The van der Waals surface area contributed by atoms with Crippen molar-refractivity contribution in [3.05, 3.63) is 76.8 Å². The Labute approximate surface area is 280 Å². The van der Waals surface area contributed by atoms with Crippen molar-refractivity contribution >= 4 is 39.2 Å². The molecule has 11 heteroatoms. The first-order valence-corrected chi connectivity index (χ1v) is 17.1. The Morgan fingerprint density at radius 2 is 1.70 bits per heavy atom. The van der Waals surface area contributed by atoms with Crippen LogP contribution in [0.15, 0.2) is 60.0 Å². The Morgan fingerprint density at radius 1 is 0.979 bits per heavy atom. The molecule has 0 radical (unpaired) electrons. The highest BCUT2D eigenvalue weighted by Gasteiger charge is 2.28. The maximum Gasteiger partial charge on any atom is 0.410 e. The van der Waals surface area contributed by atoms with Crippen molar-refractivity contribution in [2.45, 2.75) is 58.5 Å². The number of likely N-dealkylation sites (tertiary alicyclic amines) is 1. The zero-order valence-corrected chi connectivity index (χ0v) is 28.4. The zero-order valence-electron chi connectivity index (χ0n) is 27.6. The lowest BCUT2D eigenvalue weighted by molar-refractivity contribution is 0.0126. The second-order valence-corrected chi connectivity index (χ2v) is 14.0. The number of aromatic nitrogens is 1. The Morgan fingerprint density at radius 3 is 2.40 bits per heavy atom. The summed E-state index contributed by atoms with van der Waals surface area (Å²) in [5, 5.41) is 5.21. The molecule has 2 aromatic heterocycles. The van der Waals surface area contributed by atoms with E-state index >= 15 is 0 Å². The minimum atomic E-state index is -0.506. The van der Waals surface area contributed by atoms with E-state index < -0.39 is 5.60 Å². The molecule has 4 aromatic rings. The molecule has 0 unspecified atom stereocenters. The van der Waals surface area contributed by atoms with E-state index in [1.807, 2.05) is 86.3 Å². The maximum atomic E-state index is 13.5. The van der Waals surface area contributed by atoms with Gasteiger partial charge in [0, 0.05) is 63.9 Å². The van der Waals surface area contributed by atoms with Crippen LogP contribution in [0, 0.1) is 0 Å². The number of aryl methyl sites for hydroxylation is 1. The smallest absolute Gasteiger partial charge is 0.410 e. The summed E-state index contributed by atoms with van der Waals surface area (Å²) in [4.78, 5) is 30.0. The van der Waals surface area contributed by atoms with Gasteiger partial charge >= 0.3 is 6.09 Å². The van der Waals surface area contributed by atoms with E-state index in [2.05, 4.69) is 16.3 Å². The minimum absolute atomic E-state index is 0.0266. The molecular formula is C36H44N4O6S. The molecule has 47 heavy (non-hydrogen) atoms. The monoisotopic (exact) mass is 660 g/mol. The predicted molar refractivity (Wildman–Crippen MR) is 184 cm³/mol. The number of hydrogen-bond acceptors (Lipinski definition) is 8. The molecule has 0 spiro atoms. The van der Waals surface area contributed by atoms with Crippen LogP contribution in [-0.4, -0.2) is 77.5 Å². The van der Waals surface area contributed by atoms with Crippen LogP contribution >= 0.6 is 11.3 Å². The van der Waals surface area contributed by atoms with Crippen molar-refractivity contribution in [3.63, 3.8) is 0 Å². The summed E-state index contributed by atoms with van der Waals surface area (Å²) in [5.74, 6) is 1.31. The third-order valence-electron chi connectivity index (χ3n) is 8.52. The van der Waals surface area contributed by atoms with E-state index in [-0.39, 0.29) is 18.1 Å². The van der Waals surface area contributed by atoms with Gasteiger partial charge in [-0.3, -0.25) is 9.69 Å². The van der Waals surface area contributed by atoms with E-state index in [0.29, 0.717) is 44.4 Å². The van der Waals surface area contributed by atoms with Crippen molar-refractivity contribution in [3.8, 4) is 11.5 Å². The number of thiophene rings is 1. The number of anilines is 1. The molecule has 250 valence electrons. The minimum Gasteiger partial charge on any atom is -0.490 e. The largest absolute Gasteiger partial charge is 0.490 e. The van der Waals surface area contributed by atoms with E-state index in [0.717, 1.165) is 65.3 Å². The number of carbonyl (C=O) groups excluding carboxylic acids is 2. The van der Waals surface area contributed by atoms with Crippen LogP contribution in [0.5, 0.6) is 11.5 Å². The average molecular weight is 661 g/mol. The van der Waals surface area contributed by atoms with Crippen LogP contribution in [0.1, 0.15) is 55.2 Å². The van der Waals surface area contributed by atoms with Crippen molar-refractivity contribution in [2.75, 3.05) is 44.7 Å². The molecular weight excluding hydrogens is 616 g/mol. The molecule has 0 bridgehead atoms. The van der Waals surface area contributed by atoms with E-state index in [4.69, 9.17) is 18.9 Å². The molecule has 2 aromatic carbocycles. The van der Waals surface area contributed by atoms with Crippen molar-refractivity contribution in [1.82, 2.24) is 14.4 Å². The van der Waals surface area contributed by atoms with Gasteiger partial charge in [-0.05, 0) is 74.2 Å². The molecule has 2 aliphatic heterocycles. The van der Waals surface area contributed by atoms with Gasteiger partial charge in [-0.15, -0.1) is 11.3 Å². The van der Waals surface area contributed by atoms with Crippen molar-refractivity contribution in [1.29, 1.82) is 0 Å². The molecule has 6 rings (SSSR count). The van der Waals surface area contributed by atoms with Crippen LogP contribution in [0.2, 0.25) is 0 Å². The fourth-order valence-corrected chi connectivity index (χ4v) is 6.82. The Kier molecular flexibility index (Phi) is 10.0. The van der Waals surface area contributed by atoms with Gasteiger partial charge < -0.3 is 33.7 Å². The number of morpholine rings is 1. The predicted octanol–water partition coefficient (Wildman–Crippen LogP) is 6.68. The lowest BCUT2D eigenvalue weighted by atomic mass is 10.0. The van der Waals surface area contributed by atoms with Gasteiger partial charge in [0.05, 0.1) is 23.4 Å². The molecule has 1 N–H and O–H groups in total. The van der Waals surface area contributed by atoms with Crippen LogP contribution in [0.4, 0.5) is 10.5 Å². The first-order chi connectivity index (χ1) is 22.6. The summed E-state index contributed by atoms with van der Waals surface area (Å²) in [5.41, 5.74) is 3.94. The normalized spacial score (nSPS) is 16.3. The number of amides is 2. The summed E-state index contributed by atoms with van der Waals surface area (Å²) < 4.78 is 26.6. The van der Waals surface area contributed by atoms with Crippen molar-refractivity contribution in [2.24, 2.45) is 7.05 Å². The SMILES string of the molecule is Cn1c(C(=O)Nc2cccc(CN3CCOCC3)c2COc2ccc(OC3CCN(C(=O)OC(C)(C)C)CC3)cc2)cc2sccc21. The summed E-state index contributed by atoms with van der Waals surface area (Å²) in [7, 11) is 1.92. The maximum absolute atomic E-state index is 13.5. The number of carbonyl (C=O) groups is 2. The molecule has 4 heterocycles. The summed E-state index contributed by atoms with van der Waals surface area (Å²) >= 11 is 1.63. The summed E-state index contributed by atoms with van der Waals surface area (Å²) in [6.45, 7) is 11.0. The van der Waals surface area contributed by atoms with Gasteiger partial charge in [-0.1, -0.05) is 12.1 Å². The van der Waals surface area contributed by atoms with Gasteiger partial charge in [0.1, 0.15) is 35.5 Å². The van der Waals surface area contributed by atoms with E-state index in [1.54, 1.807) is 16.2 Å². The molecule has 0 aliphatic carbocycles. The number of fused-ring (bicyclic) bond motifs is 1. The van der Waals surface area contributed by atoms with Crippen LogP contribution in [-0.2, 0) is 29.7 Å². The van der Waals surface area contributed by atoms with Gasteiger partial charge in [0.25, 0.3) is 5.91 Å². The Bertz CT molecular complexity index is 1680. The highest BCUT2D eigenvalue weighted by atomic mass is 32.1. The fourth-order valence-electron chi connectivity index (χ4n) is 5.97. The number of nitrogens with one attached hydrogen (secondary N) is 1. The molecule has 0 atom stereocenters.